The van der Waals surface area contributed by atoms with Gasteiger partial charge < -0.3 is 15.2 Å². The van der Waals surface area contributed by atoms with Gasteiger partial charge in [-0.2, -0.15) is 0 Å². The van der Waals surface area contributed by atoms with Crippen LogP contribution in [0.3, 0.4) is 0 Å². The Labute approximate surface area is 73.0 Å². The smallest absolute Gasteiger partial charge is 0.378 e. The summed E-state index contributed by atoms with van der Waals surface area (Å²) in [5.74, 6) is -1.97. The molecule has 0 saturated heterocycles. The van der Waals surface area contributed by atoms with Gasteiger partial charge in [0.1, 0.15) is 5.69 Å². The highest BCUT2D eigenvalue weighted by molar-refractivity contribution is 5.91. The summed E-state index contributed by atoms with van der Waals surface area (Å²) in [5, 5.41) is 18.9. The van der Waals surface area contributed by atoms with Crippen LogP contribution in [0.15, 0.2) is 12.1 Å². The zero-order valence-corrected chi connectivity index (χ0v) is 6.72. The molecule has 1 aromatic heterocycles. The number of rotatable bonds is 2. The molecule has 6 nitrogen and oxygen atoms in total. The van der Waals surface area contributed by atoms with Crippen LogP contribution in [0, 0.1) is 17.0 Å². The molecule has 0 radical (unpaired) electrons. The van der Waals surface area contributed by atoms with Crippen LogP contribution in [-0.2, 0) is 0 Å². The van der Waals surface area contributed by atoms with Crippen molar-refractivity contribution in [2.24, 2.45) is 0 Å². The van der Waals surface area contributed by atoms with E-state index >= 15 is 0 Å². The molecule has 0 aliphatic rings. The number of pyridine rings is 1. The molecule has 0 saturated carbocycles. The number of carboxylic acid groups (broad SMARTS) is 1. The van der Waals surface area contributed by atoms with Gasteiger partial charge in [-0.25, -0.2) is 4.79 Å². The molecular weight excluding hydrogens is 176 g/mol. The Morgan fingerprint density at radius 3 is 2.69 bits per heavy atom. The summed E-state index contributed by atoms with van der Waals surface area (Å²) in [4.78, 5) is 23.6. The lowest BCUT2D eigenvalue weighted by molar-refractivity contribution is -0.389. The van der Waals surface area contributed by atoms with Crippen LogP contribution in [0.2, 0.25) is 0 Å². The fraction of sp³-hybridized carbons (Fsp3) is 0.143. The van der Waals surface area contributed by atoms with Crippen molar-refractivity contribution in [2.45, 2.75) is 6.92 Å². The standard InChI is InChI=1S/C7H6N2O4/c1-4-2-3-5(7(10)11)6(8-4)9(12)13/h2-3H,1H3,(H,10,11). The summed E-state index contributed by atoms with van der Waals surface area (Å²) in [6.45, 7) is 1.55. The first kappa shape index (κ1) is 9.11. The zero-order valence-electron chi connectivity index (χ0n) is 6.72. The maximum Gasteiger partial charge on any atom is 0.378 e. The van der Waals surface area contributed by atoms with Gasteiger partial charge in [-0.3, -0.25) is 0 Å². The number of hydrogen-bond donors (Lipinski definition) is 1. The fourth-order valence-corrected chi connectivity index (χ4v) is 0.849. The van der Waals surface area contributed by atoms with Gasteiger partial charge in [-0.05, 0) is 22.0 Å². The Balaban J connectivity index is 3.35. The second kappa shape index (κ2) is 3.18. The average molecular weight is 182 g/mol. The molecule has 1 N–H and O–H groups in total. The van der Waals surface area contributed by atoms with Crippen molar-refractivity contribution in [3.63, 3.8) is 0 Å². The number of aryl methyl sites for hydroxylation is 1. The molecule has 0 amide bonds. The number of carboxylic acids is 1. The number of hydrogen-bond acceptors (Lipinski definition) is 4. The molecule has 68 valence electrons. The minimum Gasteiger partial charge on any atom is -0.477 e. The molecule has 0 fully saturated rings. The molecule has 0 aromatic carbocycles. The highest BCUT2D eigenvalue weighted by Crippen LogP contribution is 2.15. The van der Waals surface area contributed by atoms with Crippen molar-refractivity contribution in [3.8, 4) is 0 Å². The van der Waals surface area contributed by atoms with Gasteiger partial charge in [-0.1, -0.05) is 0 Å². The summed E-state index contributed by atoms with van der Waals surface area (Å²) in [5.41, 5.74) is 0.0206. The topological polar surface area (TPSA) is 93.3 Å². The maximum absolute atomic E-state index is 10.5. The van der Waals surface area contributed by atoms with E-state index in [0.29, 0.717) is 5.69 Å². The van der Waals surface area contributed by atoms with Crippen molar-refractivity contribution in [3.05, 3.63) is 33.5 Å². The number of carbonyl (C=O) groups is 1. The van der Waals surface area contributed by atoms with Crippen LogP contribution in [0.4, 0.5) is 5.82 Å². The van der Waals surface area contributed by atoms with E-state index in [9.17, 15) is 14.9 Å². The lowest BCUT2D eigenvalue weighted by Gasteiger charge is -1.96. The van der Waals surface area contributed by atoms with Gasteiger partial charge in [0.05, 0.1) is 0 Å². The third-order valence-corrected chi connectivity index (χ3v) is 1.42. The van der Waals surface area contributed by atoms with Crippen molar-refractivity contribution in [1.82, 2.24) is 4.98 Å². The summed E-state index contributed by atoms with van der Waals surface area (Å²) in [6, 6.07) is 2.58. The molecular formula is C7H6N2O4. The first-order chi connectivity index (χ1) is 6.02. The SMILES string of the molecule is Cc1ccc(C(=O)O)c([N+](=O)[O-])n1. The van der Waals surface area contributed by atoms with Gasteiger partial charge in [0.15, 0.2) is 5.56 Å². The summed E-state index contributed by atoms with van der Waals surface area (Å²) >= 11 is 0. The molecule has 0 atom stereocenters. The van der Waals surface area contributed by atoms with Crippen LogP contribution in [0.25, 0.3) is 0 Å². The normalized spacial score (nSPS) is 9.62. The predicted molar refractivity (Wildman–Crippen MR) is 42.6 cm³/mol. The number of aromatic nitrogens is 1. The van der Waals surface area contributed by atoms with Crippen molar-refractivity contribution < 1.29 is 14.8 Å². The van der Waals surface area contributed by atoms with Crippen molar-refractivity contribution >= 4 is 11.8 Å². The Bertz CT molecular complexity index is 375. The third kappa shape index (κ3) is 1.78. The summed E-state index contributed by atoms with van der Waals surface area (Å²) in [7, 11) is 0. The van der Waals surface area contributed by atoms with Crippen molar-refractivity contribution in [2.75, 3.05) is 0 Å². The zero-order chi connectivity index (χ0) is 10.0. The van der Waals surface area contributed by atoms with Gasteiger partial charge in [0, 0.05) is 6.92 Å². The molecule has 6 heteroatoms. The number of nitro groups is 1. The van der Waals surface area contributed by atoms with E-state index in [4.69, 9.17) is 5.11 Å². The molecule has 0 aliphatic carbocycles. The molecule has 1 aromatic rings. The van der Waals surface area contributed by atoms with Gasteiger partial charge in [0.25, 0.3) is 0 Å². The first-order valence-corrected chi connectivity index (χ1v) is 3.37. The van der Waals surface area contributed by atoms with E-state index < -0.39 is 22.3 Å². The van der Waals surface area contributed by atoms with Crippen molar-refractivity contribution in [1.29, 1.82) is 0 Å². The Morgan fingerprint density at radius 2 is 2.23 bits per heavy atom. The predicted octanol–water partition coefficient (Wildman–Crippen LogP) is 0.996. The molecule has 0 bridgehead atoms. The van der Waals surface area contributed by atoms with Gasteiger partial charge in [0.2, 0.25) is 0 Å². The van der Waals surface area contributed by atoms with Crippen LogP contribution in [0.1, 0.15) is 16.1 Å². The number of nitrogens with zero attached hydrogens (tertiary/aromatic N) is 2. The monoisotopic (exact) mass is 182 g/mol. The Hall–Kier alpha value is -1.98. The van der Waals surface area contributed by atoms with Gasteiger partial charge >= 0.3 is 11.8 Å². The molecule has 1 heterocycles. The minimum absolute atomic E-state index is 0.393. The van der Waals surface area contributed by atoms with Crippen LogP contribution >= 0.6 is 0 Å². The first-order valence-electron chi connectivity index (χ1n) is 3.37. The van der Waals surface area contributed by atoms with E-state index in [-0.39, 0.29) is 0 Å². The fourth-order valence-electron chi connectivity index (χ4n) is 0.849. The Kier molecular flexibility index (Phi) is 2.23. The van der Waals surface area contributed by atoms with Crippen LogP contribution in [0.5, 0.6) is 0 Å². The van der Waals surface area contributed by atoms with Gasteiger partial charge in [-0.15, -0.1) is 0 Å². The van der Waals surface area contributed by atoms with E-state index in [1.165, 1.54) is 12.1 Å². The Morgan fingerprint density at radius 1 is 1.62 bits per heavy atom. The average Bonchev–Trinajstić information content (AvgIpc) is 2.03. The van der Waals surface area contributed by atoms with E-state index in [1.807, 2.05) is 0 Å². The number of aromatic carboxylic acids is 1. The largest absolute Gasteiger partial charge is 0.477 e. The highest BCUT2D eigenvalue weighted by Gasteiger charge is 2.21. The molecule has 13 heavy (non-hydrogen) atoms. The summed E-state index contributed by atoms with van der Waals surface area (Å²) < 4.78 is 0. The van der Waals surface area contributed by atoms with E-state index in [0.717, 1.165) is 0 Å². The third-order valence-electron chi connectivity index (χ3n) is 1.42. The maximum atomic E-state index is 10.5. The lowest BCUT2D eigenvalue weighted by atomic mass is 10.2. The molecule has 0 unspecified atom stereocenters. The molecule has 0 spiro atoms. The lowest BCUT2D eigenvalue weighted by Crippen LogP contribution is -2.05. The highest BCUT2D eigenvalue weighted by atomic mass is 16.6. The second-order valence-corrected chi connectivity index (χ2v) is 2.39. The van der Waals surface area contributed by atoms with Crippen LogP contribution in [-0.4, -0.2) is 21.0 Å². The second-order valence-electron chi connectivity index (χ2n) is 2.39. The quantitative estimate of drug-likeness (QED) is 0.543. The van der Waals surface area contributed by atoms with E-state index in [2.05, 4.69) is 4.98 Å². The summed E-state index contributed by atoms with van der Waals surface area (Å²) in [6.07, 6.45) is 0. The molecule has 0 aliphatic heterocycles. The van der Waals surface area contributed by atoms with E-state index in [1.54, 1.807) is 6.92 Å². The van der Waals surface area contributed by atoms with Crippen LogP contribution < -0.4 is 0 Å². The molecule has 1 rings (SSSR count). The minimum atomic E-state index is -1.35.